The van der Waals surface area contributed by atoms with E-state index in [-0.39, 0.29) is 0 Å². The Bertz CT molecular complexity index is 242. The van der Waals surface area contributed by atoms with Gasteiger partial charge < -0.3 is 0 Å². The van der Waals surface area contributed by atoms with Crippen LogP contribution in [0.25, 0.3) is 0 Å². The van der Waals surface area contributed by atoms with Crippen LogP contribution in [0.5, 0.6) is 0 Å². The minimum absolute atomic E-state index is 0.888. The van der Waals surface area contributed by atoms with Crippen molar-refractivity contribution in [1.29, 1.82) is 0 Å². The Morgan fingerprint density at radius 3 is 2.94 bits per heavy atom. The van der Waals surface area contributed by atoms with E-state index in [0.717, 1.165) is 11.3 Å². The summed E-state index contributed by atoms with van der Waals surface area (Å²) >= 11 is 4.37. The predicted octanol–water partition coefficient (Wildman–Crippen LogP) is 2.01. The number of fused-ring (bicyclic) bond motifs is 1. The number of thioether (sulfide) groups is 2. The maximum absolute atomic E-state index is 2.75. The third kappa shape index (κ3) is 3.34. The van der Waals surface area contributed by atoms with E-state index >= 15 is 0 Å². The molecule has 3 fully saturated rings. The highest BCUT2D eigenvalue weighted by Crippen LogP contribution is 2.26. The van der Waals surface area contributed by atoms with Gasteiger partial charge in [0, 0.05) is 54.7 Å². The van der Waals surface area contributed by atoms with Crippen LogP contribution in [0, 0.1) is 0 Å². The van der Waals surface area contributed by atoms with E-state index in [9.17, 15) is 0 Å². The average molecular weight is 272 g/mol. The molecule has 0 N–H and O–H groups in total. The van der Waals surface area contributed by atoms with E-state index in [2.05, 4.69) is 33.3 Å². The molecule has 3 heterocycles. The SMILES string of the molecule is C1CCN2CCN(CC3CSCCS3)CC2C1. The highest BCUT2D eigenvalue weighted by Gasteiger charge is 2.30. The van der Waals surface area contributed by atoms with Crippen molar-refractivity contribution in [3.05, 3.63) is 0 Å². The second-order valence-electron chi connectivity index (χ2n) is 5.51. The molecule has 3 rings (SSSR count). The number of rotatable bonds is 2. The van der Waals surface area contributed by atoms with Gasteiger partial charge in [0.25, 0.3) is 0 Å². The normalized spacial score (nSPS) is 36.7. The molecule has 3 saturated heterocycles. The van der Waals surface area contributed by atoms with Crippen molar-refractivity contribution in [3.8, 4) is 0 Å². The van der Waals surface area contributed by atoms with Gasteiger partial charge in [-0.2, -0.15) is 23.5 Å². The second-order valence-corrected chi connectivity index (χ2v) is 8.07. The highest BCUT2D eigenvalue weighted by atomic mass is 32.2. The van der Waals surface area contributed by atoms with Crippen molar-refractivity contribution >= 4 is 23.5 Å². The van der Waals surface area contributed by atoms with Crippen LogP contribution in [-0.2, 0) is 0 Å². The smallest absolute Gasteiger partial charge is 0.0265 e. The quantitative estimate of drug-likeness (QED) is 0.758. The summed E-state index contributed by atoms with van der Waals surface area (Å²) in [4.78, 5) is 5.48. The summed E-state index contributed by atoms with van der Waals surface area (Å²) in [6.07, 6.45) is 4.34. The van der Waals surface area contributed by atoms with Gasteiger partial charge in [0.05, 0.1) is 0 Å². The Hall–Kier alpha value is 0.620. The molecule has 0 bridgehead atoms. The number of piperazine rings is 1. The minimum atomic E-state index is 0.888. The molecule has 0 aromatic heterocycles. The Balaban J connectivity index is 1.48. The molecule has 3 aliphatic heterocycles. The lowest BCUT2D eigenvalue weighted by Gasteiger charge is -2.45. The first-order chi connectivity index (χ1) is 8.42. The third-order valence-corrected chi connectivity index (χ3v) is 7.10. The molecule has 98 valence electrons. The molecule has 0 aromatic rings. The van der Waals surface area contributed by atoms with Crippen molar-refractivity contribution in [3.63, 3.8) is 0 Å². The summed E-state index contributed by atoms with van der Waals surface area (Å²) in [6, 6.07) is 0.888. The maximum atomic E-state index is 2.75. The van der Waals surface area contributed by atoms with Gasteiger partial charge in [0.15, 0.2) is 0 Å². The Labute approximate surface area is 114 Å². The van der Waals surface area contributed by atoms with Crippen LogP contribution >= 0.6 is 23.5 Å². The third-order valence-electron chi connectivity index (χ3n) is 4.27. The molecule has 2 nitrogen and oxygen atoms in total. The summed E-state index contributed by atoms with van der Waals surface area (Å²) in [5, 5.41) is 0.906. The van der Waals surface area contributed by atoms with Crippen LogP contribution < -0.4 is 0 Å². The molecule has 0 spiro atoms. The molecule has 0 aromatic carbocycles. The van der Waals surface area contributed by atoms with Gasteiger partial charge in [-0.3, -0.25) is 9.80 Å². The summed E-state index contributed by atoms with van der Waals surface area (Å²) in [5.41, 5.74) is 0. The zero-order chi connectivity index (χ0) is 11.5. The molecule has 0 amide bonds. The minimum Gasteiger partial charge on any atom is -0.299 e. The summed E-state index contributed by atoms with van der Waals surface area (Å²) < 4.78 is 0. The number of nitrogens with zero attached hydrogens (tertiary/aromatic N) is 2. The van der Waals surface area contributed by atoms with Crippen LogP contribution in [0.1, 0.15) is 19.3 Å². The number of hydrogen-bond donors (Lipinski definition) is 0. The first-order valence-electron chi connectivity index (χ1n) is 7.07. The molecular formula is C13H24N2S2. The largest absolute Gasteiger partial charge is 0.299 e. The van der Waals surface area contributed by atoms with Gasteiger partial charge >= 0.3 is 0 Å². The summed E-state index contributed by atoms with van der Waals surface area (Å²) in [7, 11) is 0. The zero-order valence-corrected chi connectivity index (χ0v) is 12.3. The van der Waals surface area contributed by atoms with Gasteiger partial charge in [0.1, 0.15) is 0 Å². The monoisotopic (exact) mass is 272 g/mol. The lowest BCUT2D eigenvalue weighted by Crippen LogP contribution is -2.55. The first kappa shape index (κ1) is 12.6. The van der Waals surface area contributed by atoms with Crippen LogP contribution in [-0.4, -0.2) is 71.1 Å². The lowest BCUT2D eigenvalue weighted by atomic mass is 9.99. The topological polar surface area (TPSA) is 6.48 Å². The first-order valence-corrected chi connectivity index (χ1v) is 9.28. The Morgan fingerprint density at radius 1 is 1.06 bits per heavy atom. The number of hydrogen-bond acceptors (Lipinski definition) is 4. The van der Waals surface area contributed by atoms with E-state index in [1.54, 1.807) is 0 Å². The molecule has 2 unspecified atom stereocenters. The molecule has 2 atom stereocenters. The molecule has 4 heteroatoms. The molecule has 0 saturated carbocycles. The fourth-order valence-electron chi connectivity index (χ4n) is 3.32. The summed E-state index contributed by atoms with van der Waals surface area (Å²) in [5.74, 6) is 4.13. The van der Waals surface area contributed by atoms with Gasteiger partial charge in [-0.15, -0.1) is 0 Å². The lowest BCUT2D eigenvalue weighted by molar-refractivity contribution is 0.0503. The van der Waals surface area contributed by atoms with Gasteiger partial charge in [0.2, 0.25) is 0 Å². The van der Waals surface area contributed by atoms with E-state index in [1.807, 2.05) is 0 Å². The fraction of sp³-hybridized carbons (Fsp3) is 1.00. The molecule has 17 heavy (non-hydrogen) atoms. The second kappa shape index (κ2) is 6.18. The fourth-order valence-corrected chi connectivity index (χ4v) is 6.03. The van der Waals surface area contributed by atoms with E-state index < -0.39 is 0 Å². The van der Waals surface area contributed by atoms with Crippen LogP contribution in [0.2, 0.25) is 0 Å². The maximum Gasteiger partial charge on any atom is 0.0265 e. The van der Waals surface area contributed by atoms with Crippen LogP contribution in [0.3, 0.4) is 0 Å². The van der Waals surface area contributed by atoms with Gasteiger partial charge in [-0.25, -0.2) is 0 Å². The zero-order valence-electron chi connectivity index (χ0n) is 10.6. The van der Waals surface area contributed by atoms with Crippen LogP contribution in [0.4, 0.5) is 0 Å². The van der Waals surface area contributed by atoms with Crippen molar-refractivity contribution in [2.75, 3.05) is 50.0 Å². The molecule has 0 radical (unpaired) electrons. The Morgan fingerprint density at radius 2 is 2.06 bits per heavy atom. The van der Waals surface area contributed by atoms with Crippen molar-refractivity contribution in [1.82, 2.24) is 9.80 Å². The van der Waals surface area contributed by atoms with Gasteiger partial charge in [-0.05, 0) is 19.4 Å². The van der Waals surface area contributed by atoms with E-state index in [0.29, 0.717) is 0 Å². The Kier molecular flexibility index (Phi) is 4.59. The standard InChI is InChI=1S/C13H24N2S2/c1-2-4-15-6-5-14(9-12(15)3-1)10-13-11-16-7-8-17-13/h12-13H,1-11H2. The van der Waals surface area contributed by atoms with Crippen molar-refractivity contribution in [2.24, 2.45) is 0 Å². The van der Waals surface area contributed by atoms with Crippen molar-refractivity contribution < 1.29 is 0 Å². The average Bonchev–Trinajstić information content (AvgIpc) is 2.40. The van der Waals surface area contributed by atoms with E-state index in [4.69, 9.17) is 0 Å². The summed E-state index contributed by atoms with van der Waals surface area (Å²) in [6.45, 7) is 6.71. The van der Waals surface area contributed by atoms with Crippen LogP contribution in [0.15, 0.2) is 0 Å². The molecule has 3 aliphatic rings. The number of piperidine rings is 1. The molecular weight excluding hydrogens is 248 g/mol. The highest BCUT2D eigenvalue weighted by molar-refractivity contribution is 8.06. The van der Waals surface area contributed by atoms with Crippen molar-refractivity contribution in [2.45, 2.75) is 30.6 Å². The predicted molar refractivity (Wildman–Crippen MR) is 79.2 cm³/mol. The molecule has 0 aliphatic carbocycles. The van der Waals surface area contributed by atoms with E-state index in [1.165, 1.54) is 69.2 Å². The van der Waals surface area contributed by atoms with Gasteiger partial charge in [-0.1, -0.05) is 6.42 Å².